The number of aryl methyl sites for hydroxylation is 4. The van der Waals surface area contributed by atoms with Crippen LogP contribution in [0.1, 0.15) is 39.7 Å². The monoisotopic (exact) mass is 258 g/mol. The molecule has 0 aliphatic heterocycles. The molecule has 0 bridgehead atoms. The molecule has 0 amide bonds. The zero-order chi connectivity index (χ0) is 14.2. The molecule has 0 spiro atoms. The van der Waals surface area contributed by atoms with E-state index in [2.05, 4.69) is 37.1 Å². The van der Waals surface area contributed by atoms with Gasteiger partial charge in [0, 0.05) is 19.2 Å². The first-order valence-corrected chi connectivity index (χ1v) is 6.64. The van der Waals surface area contributed by atoms with Gasteiger partial charge in [0.25, 0.3) is 0 Å². The number of aliphatic hydroxyl groups excluding tert-OH is 1. The highest BCUT2D eigenvalue weighted by atomic mass is 16.3. The van der Waals surface area contributed by atoms with Gasteiger partial charge in [-0.1, -0.05) is 29.3 Å². The molecule has 2 rings (SSSR count). The summed E-state index contributed by atoms with van der Waals surface area (Å²) in [6, 6.07) is 6.23. The van der Waals surface area contributed by atoms with Crippen LogP contribution in [0.25, 0.3) is 0 Å². The molecule has 0 aliphatic rings. The van der Waals surface area contributed by atoms with E-state index in [9.17, 15) is 5.11 Å². The Hall–Kier alpha value is -1.61. The van der Waals surface area contributed by atoms with Gasteiger partial charge in [-0.2, -0.15) is 5.10 Å². The van der Waals surface area contributed by atoms with Gasteiger partial charge in [0.15, 0.2) is 0 Å². The molecule has 1 unspecified atom stereocenters. The summed E-state index contributed by atoms with van der Waals surface area (Å²) in [5, 5.41) is 14.8. The number of hydrogen-bond donors (Lipinski definition) is 1. The average Bonchev–Trinajstić information content (AvgIpc) is 2.54. The van der Waals surface area contributed by atoms with Crippen molar-refractivity contribution >= 4 is 0 Å². The van der Waals surface area contributed by atoms with Crippen molar-refractivity contribution < 1.29 is 5.11 Å². The fraction of sp³-hybridized carbons (Fsp3) is 0.438. The van der Waals surface area contributed by atoms with Gasteiger partial charge in [-0.25, -0.2) is 0 Å². The van der Waals surface area contributed by atoms with Crippen molar-refractivity contribution in [2.24, 2.45) is 7.05 Å². The van der Waals surface area contributed by atoms with Crippen LogP contribution in [-0.4, -0.2) is 14.9 Å². The fourth-order valence-electron chi connectivity index (χ4n) is 2.63. The van der Waals surface area contributed by atoms with Gasteiger partial charge in [-0.3, -0.25) is 4.68 Å². The van der Waals surface area contributed by atoms with E-state index in [0.717, 1.165) is 22.5 Å². The smallest absolute Gasteiger partial charge is 0.0831 e. The van der Waals surface area contributed by atoms with Crippen LogP contribution >= 0.6 is 0 Å². The maximum Gasteiger partial charge on any atom is 0.0831 e. The molecule has 0 saturated heterocycles. The van der Waals surface area contributed by atoms with Gasteiger partial charge in [0.2, 0.25) is 0 Å². The first kappa shape index (κ1) is 13.8. The lowest BCUT2D eigenvalue weighted by molar-refractivity contribution is 0.178. The third-order valence-corrected chi connectivity index (χ3v) is 3.69. The van der Waals surface area contributed by atoms with Crippen LogP contribution in [-0.2, 0) is 13.5 Å². The molecule has 0 fully saturated rings. The van der Waals surface area contributed by atoms with E-state index in [1.165, 1.54) is 11.1 Å². The van der Waals surface area contributed by atoms with Gasteiger partial charge in [-0.05, 0) is 38.8 Å². The van der Waals surface area contributed by atoms with Crippen molar-refractivity contribution in [3.63, 3.8) is 0 Å². The number of nitrogens with zero attached hydrogens (tertiary/aromatic N) is 2. The molecule has 1 heterocycles. The lowest BCUT2D eigenvalue weighted by atomic mass is 9.97. The van der Waals surface area contributed by atoms with Crippen molar-refractivity contribution in [2.75, 3.05) is 0 Å². The molecular formula is C16H22N2O. The topological polar surface area (TPSA) is 38.1 Å². The third kappa shape index (κ3) is 2.87. The van der Waals surface area contributed by atoms with Crippen LogP contribution in [0.4, 0.5) is 0 Å². The number of aliphatic hydroxyl groups is 1. The predicted octanol–water partition coefficient (Wildman–Crippen LogP) is 2.93. The van der Waals surface area contributed by atoms with Crippen molar-refractivity contribution in [1.82, 2.24) is 9.78 Å². The number of benzene rings is 1. The second-order valence-corrected chi connectivity index (χ2v) is 5.41. The largest absolute Gasteiger partial charge is 0.388 e. The molecule has 3 nitrogen and oxygen atoms in total. The molecule has 1 aromatic heterocycles. The summed E-state index contributed by atoms with van der Waals surface area (Å²) in [7, 11) is 1.94. The van der Waals surface area contributed by atoms with Gasteiger partial charge >= 0.3 is 0 Å². The van der Waals surface area contributed by atoms with Crippen LogP contribution in [0.5, 0.6) is 0 Å². The molecule has 19 heavy (non-hydrogen) atoms. The highest BCUT2D eigenvalue weighted by Crippen LogP contribution is 2.24. The van der Waals surface area contributed by atoms with Gasteiger partial charge in [0.05, 0.1) is 11.8 Å². The Morgan fingerprint density at radius 3 is 2.16 bits per heavy atom. The first-order chi connectivity index (χ1) is 8.88. The van der Waals surface area contributed by atoms with Crippen LogP contribution < -0.4 is 0 Å². The summed E-state index contributed by atoms with van der Waals surface area (Å²) in [5.41, 5.74) is 6.64. The minimum Gasteiger partial charge on any atom is -0.388 e. The van der Waals surface area contributed by atoms with Crippen LogP contribution in [0.2, 0.25) is 0 Å². The van der Waals surface area contributed by atoms with E-state index in [0.29, 0.717) is 6.42 Å². The Labute approximate surface area is 114 Å². The highest BCUT2D eigenvalue weighted by Gasteiger charge is 2.16. The lowest BCUT2D eigenvalue weighted by Gasteiger charge is -2.13. The van der Waals surface area contributed by atoms with Crippen molar-refractivity contribution in [3.8, 4) is 0 Å². The normalized spacial score (nSPS) is 12.7. The molecule has 0 radical (unpaired) electrons. The van der Waals surface area contributed by atoms with Gasteiger partial charge in [-0.15, -0.1) is 0 Å². The van der Waals surface area contributed by atoms with Crippen LogP contribution in [0.3, 0.4) is 0 Å². The standard InChI is InChI=1S/C16H22N2O/c1-10-6-11(2)8-14(7-10)16(19)9-15-12(3)17-18(5)13(15)4/h6-8,16,19H,9H2,1-5H3. The summed E-state index contributed by atoms with van der Waals surface area (Å²) in [6.45, 7) is 8.16. The fourth-order valence-corrected chi connectivity index (χ4v) is 2.63. The second kappa shape index (κ2) is 5.17. The maximum atomic E-state index is 10.4. The minimum absolute atomic E-state index is 0.472. The Bertz CT molecular complexity index is 579. The zero-order valence-electron chi connectivity index (χ0n) is 12.4. The second-order valence-electron chi connectivity index (χ2n) is 5.41. The summed E-state index contributed by atoms with van der Waals surface area (Å²) in [4.78, 5) is 0. The van der Waals surface area contributed by atoms with Gasteiger partial charge < -0.3 is 5.11 Å². The Kier molecular flexibility index (Phi) is 3.76. The maximum absolute atomic E-state index is 10.4. The van der Waals surface area contributed by atoms with E-state index in [-0.39, 0.29) is 0 Å². The minimum atomic E-state index is -0.472. The molecule has 102 valence electrons. The SMILES string of the molecule is Cc1cc(C)cc(C(O)Cc2c(C)nn(C)c2C)c1. The average molecular weight is 258 g/mol. The summed E-state index contributed by atoms with van der Waals surface area (Å²) in [6.07, 6.45) is 0.147. The van der Waals surface area contributed by atoms with E-state index < -0.39 is 6.10 Å². The zero-order valence-corrected chi connectivity index (χ0v) is 12.4. The Morgan fingerprint density at radius 1 is 1.11 bits per heavy atom. The van der Waals surface area contributed by atoms with E-state index in [1.807, 2.05) is 25.6 Å². The Morgan fingerprint density at radius 2 is 1.68 bits per heavy atom. The molecule has 1 aromatic carbocycles. The quantitative estimate of drug-likeness (QED) is 0.919. The van der Waals surface area contributed by atoms with Crippen molar-refractivity contribution in [3.05, 3.63) is 51.8 Å². The predicted molar refractivity (Wildman–Crippen MR) is 77.3 cm³/mol. The summed E-state index contributed by atoms with van der Waals surface area (Å²) >= 11 is 0. The number of hydrogen-bond acceptors (Lipinski definition) is 2. The van der Waals surface area contributed by atoms with Gasteiger partial charge in [0.1, 0.15) is 0 Å². The van der Waals surface area contributed by atoms with Crippen molar-refractivity contribution in [1.29, 1.82) is 0 Å². The molecule has 0 saturated carbocycles. The molecule has 2 aromatic rings. The van der Waals surface area contributed by atoms with E-state index in [4.69, 9.17) is 0 Å². The highest BCUT2D eigenvalue weighted by molar-refractivity contribution is 5.32. The Balaban J connectivity index is 2.27. The van der Waals surface area contributed by atoms with Crippen LogP contribution in [0, 0.1) is 27.7 Å². The summed E-state index contributed by atoms with van der Waals surface area (Å²) in [5.74, 6) is 0. The van der Waals surface area contributed by atoms with Crippen molar-refractivity contribution in [2.45, 2.75) is 40.2 Å². The molecule has 1 atom stereocenters. The lowest BCUT2D eigenvalue weighted by Crippen LogP contribution is -2.04. The number of rotatable bonds is 3. The van der Waals surface area contributed by atoms with Crippen LogP contribution in [0.15, 0.2) is 18.2 Å². The first-order valence-electron chi connectivity index (χ1n) is 6.64. The van der Waals surface area contributed by atoms with E-state index in [1.54, 1.807) is 0 Å². The summed E-state index contributed by atoms with van der Waals surface area (Å²) < 4.78 is 1.87. The third-order valence-electron chi connectivity index (χ3n) is 3.69. The van der Waals surface area contributed by atoms with E-state index >= 15 is 0 Å². The molecule has 3 heteroatoms. The molecule has 0 aliphatic carbocycles. The number of aromatic nitrogens is 2. The molecule has 1 N–H and O–H groups in total. The molecular weight excluding hydrogens is 236 g/mol.